The molecule has 0 aliphatic carbocycles. The lowest BCUT2D eigenvalue weighted by molar-refractivity contribution is 0.0983. The first-order valence-corrected chi connectivity index (χ1v) is 9.28. The Morgan fingerprint density at radius 3 is 2.25 bits per heavy atom. The minimum absolute atomic E-state index is 0.0656. The molecule has 0 bridgehead atoms. The van der Waals surface area contributed by atoms with Gasteiger partial charge in [0.25, 0.3) is 25.8 Å². The minimum Gasteiger partial charge on any atom is -0.292 e. The van der Waals surface area contributed by atoms with Gasteiger partial charge in [0.2, 0.25) is 0 Å². The number of ketones is 1. The van der Waals surface area contributed by atoms with Crippen LogP contribution < -0.4 is 5.56 Å². The van der Waals surface area contributed by atoms with E-state index in [4.69, 9.17) is 4.55 Å². The monoisotopic (exact) mass is 376 g/mol. The molecule has 0 unspecified atom stereocenters. The number of nitrogens with one attached hydrogen (secondary N) is 1. The predicted molar refractivity (Wildman–Crippen MR) is 80.6 cm³/mol. The van der Waals surface area contributed by atoms with Gasteiger partial charge in [-0.05, 0) is 18.2 Å². The summed E-state index contributed by atoms with van der Waals surface area (Å²) in [6.07, 6.45) is 0.0656. The van der Waals surface area contributed by atoms with Crippen LogP contribution >= 0.6 is 0 Å². The normalized spacial score (nSPS) is 12.3. The Morgan fingerprint density at radius 1 is 1.12 bits per heavy atom. The van der Waals surface area contributed by atoms with Crippen LogP contribution in [0.2, 0.25) is 0 Å². The molecule has 10 nitrogen and oxygen atoms in total. The summed E-state index contributed by atoms with van der Waals surface area (Å²) < 4.78 is 64.2. The first-order valence-electron chi connectivity index (χ1n) is 6.40. The SMILES string of the molecule is CCC(=O)c1cc(=O)n(-c2cc(S(=O)(=O)O)ccc2S(=O)(=O)O)[nH]1. The fraction of sp³-hybridized carbons (Fsp3) is 0.167. The molecule has 0 amide bonds. The van der Waals surface area contributed by atoms with Gasteiger partial charge in [-0.3, -0.25) is 23.8 Å². The number of nitrogens with zero attached hydrogens (tertiary/aromatic N) is 1. The van der Waals surface area contributed by atoms with Crippen LogP contribution in [0.1, 0.15) is 23.8 Å². The van der Waals surface area contributed by atoms with Crippen molar-refractivity contribution in [3.8, 4) is 5.69 Å². The third-order valence-corrected chi connectivity index (χ3v) is 4.84. The second-order valence-corrected chi connectivity index (χ2v) is 7.51. The number of carbonyl (C=O) groups excluding carboxylic acids is 1. The number of Topliss-reactive ketones (excluding diaryl/α,β-unsaturated/α-hetero) is 1. The Morgan fingerprint density at radius 2 is 1.75 bits per heavy atom. The maximum Gasteiger partial charge on any atom is 0.296 e. The molecular formula is C12H12N2O8S2. The first-order chi connectivity index (χ1) is 10.9. The quantitative estimate of drug-likeness (QED) is 0.494. The molecule has 0 aliphatic heterocycles. The van der Waals surface area contributed by atoms with Crippen molar-refractivity contribution >= 4 is 26.0 Å². The molecule has 0 spiro atoms. The fourth-order valence-electron chi connectivity index (χ4n) is 1.96. The van der Waals surface area contributed by atoms with Crippen LogP contribution in [0.5, 0.6) is 0 Å². The predicted octanol–water partition coefficient (Wildman–Crippen LogP) is 0.252. The van der Waals surface area contributed by atoms with E-state index in [1.54, 1.807) is 6.92 Å². The van der Waals surface area contributed by atoms with Crippen molar-refractivity contribution in [2.75, 3.05) is 0 Å². The minimum atomic E-state index is -4.82. The molecule has 1 heterocycles. The highest BCUT2D eigenvalue weighted by Crippen LogP contribution is 2.22. The molecule has 0 radical (unpaired) electrons. The van der Waals surface area contributed by atoms with Crippen molar-refractivity contribution < 1.29 is 30.7 Å². The number of aromatic amines is 1. The summed E-state index contributed by atoms with van der Waals surface area (Å²) >= 11 is 0. The van der Waals surface area contributed by atoms with Gasteiger partial charge in [-0.1, -0.05) is 6.92 Å². The lowest BCUT2D eigenvalue weighted by atomic mass is 10.2. The Labute approximate surface area is 136 Å². The molecule has 0 saturated carbocycles. The maximum absolute atomic E-state index is 12.0. The standard InChI is InChI=1S/C12H12N2O8S2/c1-2-10(15)8-6-12(16)14(13-8)9-5-7(23(17,18)19)3-4-11(9)24(20,21)22/h3-6,13H,2H2,1H3,(H,17,18,19)(H,20,21,22). The topological polar surface area (TPSA) is 164 Å². The van der Waals surface area contributed by atoms with Crippen molar-refractivity contribution in [3.63, 3.8) is 0 Å². The molecule has 3 N–H and O–H groups in total. The lowest BCUT2D eigenvalue weighted by Gasteiger charge is -2.09. The van der Waals surface area contributed by atoms with E-state index in [1.165, 1.54) is 0 Å². The second kappa shape index (κ2) is 5.98. The van der Waals surface area contributed by atoms with Gasteiger partial charge in [-0.25, -0.2) is 4.68 Å². The Kier molecular flexibility index (Phi) is 4.50. The molecule has 0 aliphatic rings. The molecule has 1 aromatic heterocycles. The molecule has 130 valence electrons. The van der Waals surface area contributed by atoms with Crippen molar-refractivity contribution in [3.05, 3.63) is 40.3 Å². The molecule has 0 atom stereocenters. The molecule has 12 heteroatoms. The van der Waals surface area contributed by atoms with Gasteiger partial charge in [0.1, 0.15) is 10.6 Å². The summed E-state index contributed by atoms with van der Waals surface area (Å²) in [5.41, 5.74) is -1.54. The summed E-state index contributed by atoms with van der Waals surface area (Å²) in [7, 11) is -9.51. The molecule has 1 aromatic carbocycles. The average molecular weight is 376 g/mol. The van der Waals surface area contributed by atoms with Crippen LogP contribution in [0.15, 0.2) is 38.9 Å². The van der Waals surface area contributed by atoms with E-state index in [0.717, 1.165) is 12.1 Å². The number of H-pyrrole nitrogens is 1. The zero-order chi connectivity index (χ0) is 18.3. The smallest absolute Gasteiger partial charge is 0.292 e. The maximum atomic E-state index is 12.0. The Bertz CT molecular complexity index is 1080. The lowest BCUT2D eigenvalue weighted by Crippen LogP contribution is -2.18. The second-order valence-electron chi connectivity index (χ2n) is 4.70. The van der Waals surface area contributed by atoms with Crippen LogP contribution in [0.25, 0.3) is 5.69 Å². The number of benzene rings is 1. The van der Waals surface area contributed by atoms with Crippen LogP contribution in [-0.4, -0.2) is 41.5 Å². The van der Waals surface area contributed by atoms with Crippen LogP contribution in [0.3, 0.4) is 0 Å². The van der Waals surface area contributed by atoms with Crippen molar-refractivity contribution in [1.29, 1.82) is 0 Å². The highest BCUT2D eigenvalue weighted by Gasteiger charge is 2.23. The summed E-state index contributed by atoms with van der Waals surface area (Å²) in [4.78, 5) is 22.1. The zero-order valence-electron chi connectivity index (χ0n) is 12.1. The molecule has 0 fully saturated rings. The van der Waals surface area contributed by atoms with E-state index in [9.17, 15) is 31.0 Å². The highest BCUT2D eigenvalue weighted by molar-refractivity contribution is 7.86. The van der Waals surface area contributed by atoms with Crippen molar-refractivity contribution in [1.82, 2.24) is 9.78 Å². The van der Waals surface area contributed by atoms with Crippen LogP contribution in [0.4, 0.5) is 0 Å². The van der Waals surface area contributed by atoms with Crippen molar-refractivity contribution in [2.24, 2.45) is 0 Å². The zero-order valence-corrected chi connectivity index (χ0v) is 13.8. The van der Waals surface area contributed by atoms with Gasteiger partial charge in [0.05, 0.1) is 10.6 Å². The van der Waals surface area contributed by atoms with Gasteiger partial charge in [-0.2, -0.15) is 16.8 Å². The number of hydrogen-bond donors (Lipinski definition) is 3. The fourth-order valence-corrected chi connectivity index (χ4v) is 3.11. The van der Waals surface area contributed by atoms with Gasteiger partial charge in [-0.15, -0.1) is 0 Å². The van der Waals surface area contributed by atoms with Crippen LogP contribution in [-0.2, 0) is 20.2 Å². The highest BCUT2D eigenvalue weighted by atomic mass is 32.2. The average Bonchev–Trinajstić information content (AvgIpc) is 2.85. The largest absolute Gasteiger partial charge is 0.296 e. The Hall–Kier alpha value is -2.28. The van der Waals surface area contributed by atoms with E-state index in [0.29, 0.717) is 16.8 Å². The van der Waals surface area contributed by atoms with Gasteiger partial charge in [0.15, 0.2) is 5.78 Å². The third-order valence-electron chi connectivity index (χ3n) is 3.09. The number of aromatic nitrogens is 2. The van der Waals surface area contributed by atoms with Gasteiger partial charge < -0.3 is 0 Å². The van der Waals surface area contributed by atoms with Gasteiger partial charge in [0, 0.05) is 12.5 Å². The molecule has 24 heavy (non-hydrogen) atoms. The summed E-state index contributed by atoms with van der Waals surface area (Å²) in [6, 6.07) is 3.03. The third kappa shape index (κ3) is 3.46. The van der Waals surface area contributed by atoms with Gasteiger partial charge >= 0.3 is 0 Å². The molecule has 2 aromatic rings. The summed E-state index contributed by atoms with van der Waals surface area (Å²) in [5.74, 6) is -0.440. The first kappa shape index (κ1) is 18.1. The number of rotatable bonds is 5. The summed E-state index contributed by atoms with van der Waals surface area (Å²) in [5, 5.41) is 2.34. The van der Waals surface area contributed by atoms with E-state index < -0.39 is 47.1 Å². The number of hydrogen-bond acceptors (Lipinski definition) is 6. The number of carbonyl (C=O) groups is 1. The van der Waals surface area contributed by atoms with Crippen LogP contribution in [0, 0.1) is 0 Å². The molecule has 0 saturated heterocycles. The van der Waals surface area contributed by atoms with E-state index in [1.807, 2.05) is 0 Å². The van der Waals surface area contributed by atoms with E-state index >= 15 is 0 Å². The summed E-state index contributed by atoms with van der Waals surface area (Å²) in [6.45, 7) is 1.54. The molecule has 2 rings (SSSR count). The van der Waals surface area contributed by atoms with E-state index in [-0.39, 0.29) is 12.1 Å². The van der Waals surface area contributed by atoms with E-state index in [2.05, 4.69) is 5.10 Å². The Balaban J connectivity index is 2.84. The molecular weight excluding hydrogens is 364 g/mol. The van der Waals surface area contributed by atoms with Crippen molar-refractivity contribution in [2.45, 2.75) is 23.1 Å².